The van der Waals surface area contributed by atoms with E-state index in [-0.39, 0.29) is 11.8 Å². The Morgan fingerprint density at radius 3 is 2.20 bits per heavy atom. The van der Waals surface area contributed by atoms with E-state index in [0.29, 0.717) is 45.1 Å². The van der Waals surface area contributed by atoms with E-state index in [1.54, 1.807) is 42.5 Å². The van der Waals surface area contributed by atoms with Gasteiger partial charge in [0.15, 0.2) is 5.11 Å². The number of halogens is 2. The first kappa shape index (κ1) is 28.9. The smallest absolute Gasteiger partial charge is 0.338 e. The number of carbonyl (C=O) groups excluding carboxylic acids is 2. The lowest BCUT2D eigenvalue weighted by Crippen LogP contribution is -2.53. The molecule has 0 aliphatic carbocycles. The summed E-state index contributed by atoms with van der Waals surface area (Å²) in [6.45, 7) is 6.31. The lowest BCUT2D eigenvalue weighted by Gasteiger charge is -2.34. The van der Waals surface area contributed by atoms with Crippen molar-refractivity contribution < 1.29 is 14.3 Å². The van der Waals surface area contributed by atoms with Crippen LogP contribution < -0.4 is 9.80 Å². The number of hydrogen-bond acceptors (Lipinski definition) is 6. The fourth-order valence-electron chi connectivity index (χ4n) is 5.55. The molecule has 5 rings (SSSR count). The lowest BCUT2D eigenvalue weighted by molar-refractivity contribution is -0.124. The molecule has 2 fully saturated rings. The Morgan fingerprint density at radius 1 is 1.02 bits per heavy atom. The van der Waals surface area contributed by atoms with E-state index in [2.05, 4.69) is 11.0 Å². The molecule has 3 aromatic rings. The van der Waals surface area contributed by atoms with Gasteiger partial charge >= 0.3 is 5.97 Å². The van der Waals surface area contributed by atoms with E-state index < -0.39 is 17.1 Å². The van der Waals surface area contributed by atoms with Crippen LogP contribution in [0.15, 0.2) is 66.7 Å². The summed E-state index contributed by atoms with van der Waals surface area (Å²) in [7, 11) is 1.83. The number of likely N-dealkylation sites (N-methyl/N-ethyl adjacent to an activating group) is 1. The van der Waals surface area contributed by atoms with Crippen molar-refractivity contribution in [1.29, 1.82) is 5.26 Å². The number of thiocarbonyl (C=S) groups is 1. The van der Waals surface area contributed by atoms with Gasteiger partial charge in [0.25, 0.3) is 5.91 Å². The Balaban J connectivity index is 1.55. The number of rotatable bonds is 4. The molecule has 41 heavy (non-hydrogen) atoms. The summed E-state index contributed by atoms with van der Waals surface area (Å²) in [5.74, 6) is -0.884. The van der Waals surface area contributed by atoms with Crippen molar-refractivity contribution in [3.8, 4) is 6.07 Å². The van der Waals surface area contributed by atoms with Crippen LogP contribution in [0.1, 0.15) is 48.2 Å². The maximum Gasteiger partial charge on any atom is 0.338 e. The molecular formula is C31H28Cl2N4O3S. The third-order valence-electron chi connectivity index (χ3n) is 7.48. The maximum atomic E-state index is 14.5. The number of carbonyl (C=O) groups is 2. The first-order valence-corrected chi connectivity index (χ1v) is 14.2. The third-order valence-corrected chi connectivity index (χ3v) is 8.37. The number of anilines is 2. The zero-order chi connectivity index (χ0) is 29.7. The highest BCUT2D eigenvalue weighted by atomic mass is 35.5. The minimum absolute atomic E-state index is 0.189. The molecular weight excluding hydrogens is 579 g/mol. The molecule has 0 bridgehead atoms. The Kier molecular flexibility index (Phi) is 7.49. The molecule has 1 spiro atoms. The Labute approximate surface area is 254 Å². The van der Waals surface area contributed by atoms with E-state index in [0.717, 1.165) is 11.3 Å². The zero-order valence-electron chi connectivity index (χ0n) is 23.0. The number of amides is 1. The second-order valence-corrected chi connectivity index (χ2v) is 12.5. The van der Waals surface area contributed by atoms with Gasteiger partial charge < -0.3 is 14.5 Å². The van der Waals surface area contributed by atoms with Gasteiger partial charge in [0, 0.05) is 35.2 Å². The Morgan fingerprint density at radius 2 is 1.63 bits per heavy atom. The van der Waals surface area contributed by atoms with Crippen LogP contribution in [0.2, 0.25) is 10.0 Å². The van der Waals surface area contributed by atoms with Gasteiger partial charge in [0.1, 0.15) is 11.1 Å². The molecule has 0 N–H and O–H groups in total. The summed E-state index contributed by atoms with van der Waals surface area (Å²) in [5.41, 5.74) is 1.59. The van der Waals surface area contributed by atoms with Crippen LogP contribution in [0.3, 0.4) is 0 Å². The summed E-state index contributed by atoms with van der Waals surface area (Å²) in [5, 5.41) is 10.5. The Hall–Kier alpha value is -3.64. The highest BCUT2D eigenvalue weighted by molar-refractivity contribution is 7.80. The SMILES string of the molecule is CN1C(=S)N(c2cc(Cl)cc(Cl)c2)C(=O)[C@]12CN(c1ccc(C(=O)OC(C)(C)C)cc1)C[C@H]2c1ccc(C#N)cc1. The summed E-state index contributed by atoms with van der Waals surface area (Å²) < 4.78 is 5.50. The van der Waals surface area contributed by atoms with Gasteiger partial charge in [-0.05, 0) is 93.1 Å². The van der Waals surface area contributed by atoms with Crippen LogP contribution in [-0.4, -0.2) is 53.2 Å². The van der Waals surface area contributed by atoms with Crippen molar-refractivity contribution >= 4 is 63.8 Å². The number of hydrogen-bond donors (Lipinski definition) is 0. The van der Waals surface area contributed by atoms with Crippen LogP contribution in [-0.2, 0) is 9.53 Å². The van der Waals surface area contributed by atoms with Crippen LogP contribution in [0.5, 0.6) is 0 Å². The number of nitrogens with zero attached hydrogens (tertiary/aromatic N) is 4. The van der Waals surface area contributed by atoms with Crippen LogP contribution in [0, 0.1) is 11.3 Å². The molecule has 2 heterocycles. The Bertz CT molecular complexity index is 1560. The number of nitriles is 1. The molecule has 1 amide bonds. The summed E-state index contributed by atoms with van der Waals surface area (Å²) in [4.78, 5) is 32.6. The van der Waals surface area contributed by atoms with Crippen LogP contribution in [0.25, 0.3) is 0 Å². The maximum absolute atomic E-state index is 14.5. The van der Waals surface area contributed by atoms with Crippen LogP contribution in [0.4, 0.5) is 11.4 Å². The predicted octanol–water partition coefficient (Wildman–Crippen LogP) is 6.43. The normalized spacial score (nSPS) is 20.6. The van der Waals surface area contributed by atoms with Gasteiger partial charge in [0.05, 0.1) is 29.4 Å². The van der Waals surface area contributed by atoms with E-state index in [1.807, 2.05) is 57.0 Å². The molecule has 0 saturated carbocycles. The lowest BCUT2D eigenvalue weighted by atomic mass is 9.80. The van der Waals surface area contributed by atoms with Gasteiger partial charge in [-0.1, -0.05) is 35.3 Å². The number of ether oxygens (including phenoxy) is 1. The molecule has 2 aliphatic heterocycles. The molecule has 0 aromatic heterocycles. The monoisotopic (exact) mass is 606 g/mol. The quantitative estimate of drug-likeness (QED) is 0.250. The van der Waals surface area contributed by atoms with E-state index in [1.165, 1.54) is 4.90 Å². The molecule has 3 aromatic carbocycles. The van der Waals surface area contributed by atoms with E-state index in [9.17, 15) is 14.9 Å². The topological polar surface area (TPSA) is 76.9 Å². The highest BCUT2D eigenvalue weighted by Gasteiger charge is 2.63. The molecule has 10 heteroatoms. The van der Waals surface area contributed by atoms with Gasteiger partial charge in [-0.2, -0.15) is 5.26 Å². The molecule has 210 valence electrons. The molecule has 2 aliphatic rings. The van der Waals surface area contributed by atoms with Gasteiger partial charge in [-0.25, -0.2) is 4.79 Å². The molecule has 2 saturated heterocycles. The van der Waals surface area contributed by atoms with Crippen molar-refractivity contribution in [3.05, 3.63) is 93.5 Å². The fourth-order valence-corrected chi connectivity index (χ4v) is 6.41. The fraction of sp³-hybridized carbons (Fsp3) is 0.290. The van der Waals surface area contributed by atoms with Crippen molar-refractivity contribution in [3.63, 3.8) is 0 Å². The van der Waals surface area contributed by atoms with Gasteiger partial charge in [0.2, 0.25) is 0 Å². The third kappa shape index (κ3) is 5.26. The molecule has 0 radical (unpaired) electrons. The first-order valence-electron chi connectivity index (χ1n) is 13.0. The molecule has 2 atom stereocenters. The van der Waals surface area contributed by atoms with E-state index in [4.69, 9.17) is 40.2 Å². The standard InChI is InChI=1S/C31H28Cl2N4O3S/c1-30(2,3)40-27(38)21-9-11-24(12-10-21)36-17-26(20-7-5-19(16-34)6-8-20)31(18-36)28(39)37(29(41)35(31)4)25-14-22(32)13-23(33)15-25/h5-15,26H,17-18H2,1-4H3/t26-,31+/m0/s1. The van der Waals surface area contributed by atoms with Gasteiger partial charge in [-0.3, -0.25) is 9.69 Å². The molecule has 7 nitrogen and oxygen atoms in total. The first-order chi connectivity index (χ1) is 19.3. The zero-order valence-corrected chi connectivity index (χ0v) is 25.3. The second-order valence-electron chi connectivity index (χ2n) is 11.2. The van der Waals surface area contributed by atoms with E-state index >= 15 is 0 Å². The summed E-state index contributed by atoms with van der Waals surface area (Å²) in [6.07, 6.45) is 0. The van der Waals surface area contributed by atoms with Crippen LogP contribution >= 0.6 is 35.4 Å². The second kappa shape index (κ2) is 10.6. The average Bonchev–Trinajstić information content (AvgIpc) is 3.40. The van der Waals surface area contributed by atoms with Gasteiger partial charge in [-0.15, -0.1) is 0 Å². The minimum atomic E-state index is -1.05. The van der Waals surface area contributed by atoms with Crippen molar-refractivity contribution in [1.82, 2.24) is 4.90 Å². The molecule has 0 unspecified atom stereocenters. The van der Waals surface area contributed by atoms with Crippen molar-refractivity contribution in [2.45, 2.75) is 37.8 Å². The number of benzene rings is 3. The number of esters is 1. The predicted molar refractivity (Wildman–Crippen MR) is 165 cm³/mol. The summed E-state index contributed by atoms with van der Waals surface area (Å²) >= 11 is 18.4. The average molecular weight is 608 g/mol. The summed E-state index contributed by atoms with van der Waals surface area (Å²) in [6, 6.07) is 21.6. The highest BCUT2D eigenvalue weighted by Crippen LogP contribution is 2.47. The minimum Gasteiger partial charge on any atom is -0.456 e. The largest absolute Gasteiger partial charge is 0.456 e. The van der Waals surface area contributed by atoms with Crippen molar-refractivity contribution in [2.75, 3.05) is 29.9 Å². The van der Waals surface area contributed by atoms with Crippen molar-refractivity contribution in [2.24, 2.45) is 0 Å².